The molecule has 1 rings (SSSR count). The lowest BCUT2D eigenvalue weighted by atomic mass is 10.3. The second-order valence-corrected chi connectivity index (χ2v) is 2.56. The third kappa shape index (κ3) is 1.28. The zero-order valence-corrected chi connectivity index (χ0v) is 6.60. The molecule has 10 heavy (non-hydrogen) atoms. The van der Waals surface area contributed by atoms with E-state index < -0.39 is 0 Å². The summed E-state index contributed by atoms with van der Waals surface area (Å²) in [7, 11) is 0. The number of aromatic nitrogens is 1. The van der Waals surface area contributed by atoms with E-state index >= 15 is 0 Å². The summed E-state index contributed by atoms with van der Waals surface area (Å²) >= 11 is 3.05. The maximum Gasteiger partial charge on any atom is 0.262 e. The largest absolute Gasteiger partial charge is 0.327 e. The van der Waals surface area contributed by atoms with Crippen molar-refractivity contribution in [3.05, 3.63) is 32.7 Å². The summed E-state index contributed by atoms with van der Waals surface area (Å²) in [5, 5.41) is 0. The molecular formula is C7H4BrNO. The van der Waals surface area contributed by atoms with Gasteiger partial charge in [0.15, 0.2) is 0 Å². The molecule has 50 valence electrons. The average Bonchev–Trinajstić information content (AvgIpc) is 1.95. The number of terminal acetylenes is 1. The van der Waals surface area contributed by atoms with Crippen LogP contribution >= 0.6 is 15.9 Å². The molecule has 0 aliphatic heterocycles. The van der Waals surface area contributed by atoms with Gasteiger partial charge in [-0.05, 0) is 22.0 Å². The number of halogens is 1. The lowest BCUT2D eigenvalue weighted by Gasteiger charge is -1.89. The van der Waals surface area contributed by atoms with Gasteiger partial charge in [-0.1, -0.05) is 5.92 Å². The van der Waals surface area contributed by atoms with Crippen LogP contribution < -0.4 is 5.56 Å². The fourth-order valence-corrected chi connectivity index (χ4v) is 0.900. The van der Waals surface area contributed by atoms with Crippen molar-refractivity contribution < 1.29 is 0 Å². The molecule has 0 unspecified atom stereocenters. The van der Waals surface area contributed by atoms with Gasteiger partial charge in [-0.25, -0.2) is 0 Å². The van der Waals surface area contributed by atoms with Gasteiger partial charge in [0.05, 0.1) is 4.47 Å². The highest BCUT2D eigenvalue weighted by Gasteiger charge is 1.93. The first-order valence-corrected chi connectivity index (χ1v) is 3.38. The Labute approximate surface area is 66.4 Å². The van der Waals surface area contributed by atoms with E-state index in [4.69, 9.17) is 6.42 Å². The molecule has 2 nitrogen and oxygen atoms in total. The Morgan fingerprint density at radius 3 is 2.90 bits per heavy atom. The van der Waals surface area contributed by atoms with Gasteiger partial charge in [-0.3, -0.25) is 4.79 Å². The number of hydrogen-bond donors (Lipinski definition) is 1. The highest BCUT2D eigenvalue weighted by Crippen LogP contribution is 2.02. The number of pyridine rings is 1. The van der Waals surface area contributed by atoms with E-state index in [9.17, 15) is 4.79 Å². The first-order valence-electron chi connectivity index (χ1n) is 2.59. The zero-order valence-electron chi connectivity index (χ0n) is 5.02. The monoisotopic (exact) mass is 197 g/mol. The number of H-pyrrole nitrogens is 1. The second kappa shape index (κ2) is 2.72. The molecule has 1 aromatic heterocycles. The molecule has 0 amide bonds. The third-order valence-electron chi connectivity index (χ3n) is 1.02. The standard InChI is InChI=1S/C7H4BrNO/c1-2-5-3-6(8)7(10)9-4-5/h1,3-4H,(H,9,10). The number of nitrogens with one attached hydrogen (secondary N) is 1. The van der Waals surface area contributed by atoms with E-state index in [1.54, 1.807) is 6.07 Å². The van der Waals surface area contributed by atoms with E-state index in [-0.39, 0.29) is 5.56 Å². The molecule has 0 atom stereocenters. The fourth-order valence-electron chi connectivity index (χ4n) is 0.539. The Morgan fingerprint density at radius 2 is 2.40 bits per heavy atom. The van der Waals surface area contributed by atoms with Gasteiger partial charge in [0.25, 0.3) is 5.56 Å². The average molecular weight is 198 g/mol. The summed E-state index contributed by atoms with van der Waals surface area (Å²) in [6.07, 6.45) is 6.57. The topological polar surface area (TPSA) is 32.9 Å². The highest BCUT2D eigenvalue weighted by atomic mass is 79.9. The second-order valence-electron chi connectivity index (χ2n) is 1.71. The van der Waals surface area contributed by atoms with Crippen LogP contribution in [0.4, 0.5) is 0 Å². The van der Waals surface area contributed by atoms with Crippen LogP contribution in [0.5, 0.6) is 0 Å². The molecule has 3 heteroatoms. The quantitative estimate of drug-likeness (QED) is 0.622. The molecule has 0 spiro atoms. The summed E-state index contributed by atoms with van der Waals surface area (Å²) in [6, 6.07) is 1.60. The van der Waals surface area contributed by atoms with Gasteiger partial charge in [0.1, 0.15) is 0 Å². The van der Waals surface area contributed by atoms with Gasteiger partial charge in [0, 0.05) is 11.8 Å². The maximum atomic E-state index is 10.7. The van der Waals surface area contributed by atoms with Gasteiger partial charge < -0.3 is 4.98 Å². The summed E-state index contributed by atoms with van der Waals surface area (Å²) < 4.78 is 0.461. The van der Waals surface area contributed by atoms with Crippen LogP contribution in [-0.2, 0) is 0 Å². The van der Waals surface area contributed by atoms with Crippen LogP contribution in [0.2, 0.25) is 0 Å². The molecule has 0 bridgehead atoms. The minimum absolute atomic E-state index is 0.168. The highest BCUT2D eigenvalue weighted by molar-refractivity contribution is 9.10. The van der Waals surface area contributed by atoms with Gasteiger partial charge in [0.2, 0.25) is 0 Å². The molecule has 0 saturated carbocycles. The minimum Gasteiger partial charge on any atom is -0.327 e. The van der Waals surface area contributed by atoms with Crippen molar-refractivity contribution in [1.29, 1.82) is 0 Å². The Morgan fingerprint density at radius 1 is 1.70 bits per heavy atom. The van der Waals surface area contributed by atoms with Crippen molar-refractivity contribution in [2.24, 2.45) is 0 Å². The van der Waals surface area contributed by atoms with Crippen LogP contribution in [0, 0.1) is 12.3 Å². The van der Waals surface area contributed by atoms with Gasteiger partial charge in [-0.2, -0.15) is 0 Å². The predicted octanol–water partition coefficient (Wildman–Crippen LogP) is 1.12. The number of rotatable bonds is 0. The van der Waals surface area contributed by atoms with Crippen molar-refractivity contribution in [2.75, 3.05) is 0 Å². The van der Waals surface area contributed by atoms with E-state index in [1.165, 1.54) is 6.20 Å². The smallest absolute Gasteiger partial charge is 0.262 e. The van der Waals surface area contributed by atoms with Crippen molar-refractivity contribution in [2.45, 2.75) is 0 Å². The van der Waals surface area contributed by atoms with E-state index in [0.29, 0.717) is 10.0 Å². The molecule has 1 heterocycles. The minimum atomic E-state index is -0.168. The molecule has 0 radical (unpaired) electrons. The first-order chi connectivity index (χ1) is 4.74. The number of hydrogen-bond acceptors (Lipinski definition) is 1. The van der Waals surface area contributed by atoms with Crippen molar-refractivity contribution >= 4 is 15.9 Å². The zero-order chi connectivity index (χ0) is 7.56. The lowest BCUT2D eigenvalue weighted by molar-refractivity contribution is 1.21. The molecule has 1 N–H and O–H groups in total. The van der Waals surface area contributed by atoms with Crippen LogP contribution in [-0.4, -0.2) is 4.98 Å². The summed E-state index contributed by atoms with van der Waals surface area (Å²) in [6.45, 7) is 0. The van der Waals surface area contributed by atoms with Crippen LogP contribution in [0.25, 0.3) is 0 Å². The Balaban J connectivity index is 3.34. The Bertz CT molecular complexity index is 334. The summed E-state index contributed by atoms with van der Waals surface area (Å²) in [5.41, 5.74) is 0.491. The van der Waals surface area contributed by atoms with Crippen molar-refractivity contribution in [1.82, 2.24) is 4.98 Å². The van der Waals surface area contributed by atoms with E-state index in [1.807, 2.05) is 0 Å². The molecule has 0 saturated heterocycles. The molecule has 0 aliphatic carbocycles. The molecule has 1 aromatic rings. The molecular weight excluding hydrogens is 194 g/mol. The van der Waals surface area contributed by atoms with Crippen LogP contribution in [0.3, 0.4) is 0 Å². The lowest BCUT2D eigenvalue weighted by Crippen LogP contribution is -2.05. The van der Waals surface area contributed by atoms with Crippen molar-refractivity contribution in [3.63, 3.8) is 0 Å². The van der Waals surface area contributed by atoms with Crippen LogP contribution in [0.15, 0.2) is 21.5 Å². The first kappa shape index (κ1) is 7.10. The van der Waals surface area contributed by atoms with Crippen LogP contribution in [0.1, 0.15) is 5.56 Å². The van der Waals surface area contributed by atoms with E-state index in [2.05, 4.69) is 26.8 Å². The number of aromatic amines is 1. The Hall–Kier alpha value is -1.01. The molecule has 0 aromatic carbocycles. The molecule has 0 aliphatic rings. The van der Waals surface area contributed by atoms with Crippen molar-refractivity contribution in [3.8, 4) is 12.3 Å². The Kier molecular flexibility index (Phi) is 1.93. The predicted molar refractivity (Wildman–Crippen MR) is 42.7 cm³/mol. The molecule has 0 fully saturated rings. The van der Waals surface area contributed by atoms with Gasteiger partial charge >= 0.3 is 0 Å². The third-order valence-corrected chi connectivity index (χ3v) is 1.61. The summed E-state index contributed by atoms with van der Waals surface area (Å²) in [5.74, 6) is 2.39. The van der Waals surface area contributed by atoms with E-state index in [0.717, 1.165) is 0 Å². The fraction of sp³-hybridized carbons (Fsp3) is 0. The normalized spacial score (nSPS) is 8.80. The van der Waals surface area contributed by atoms with Gasteiger partial charge in [-0.15, -0.1) is 6.42 Å². The maximum absolute atomic E-state index is 10.7. The summed E-state index contributed by atoms with van der Waals surface area (Å²) in [4.78, 5) is 13.2. The SMILES string of the molecule is C#Cc1c[nH]c(=O)c(Br)c1.